The van der Waals surface area contributed by atoms with Crippen LogP contribution in [0.5, 0.6) is 5.88 Å². The predicted octanol–water partition coefficient (Wildman–Crippen LogP) is 0.645. The van der Waals surface area contributed by atoms with Crippen molar-refractivity contribution in [3.05, 3.63) is 41.7 Å². The van der Waals surface area contributed by atoms with Crippen molar-refractivity contribution in [1.82, 2.24) is 19.9 Å². The van der Waals surface area contributed by atoms with Gasteiger partial charge < -0.3 is 30.4 Å². The van der Waals surface area contributed by atoms with Gasteiger partial charge in [-0.05, 0) is 5.56 Å². The van der Waals surface area contributed by atoms with Gasteiger partial charge in [0, 0.05) is 0 Å². The monoisotopic (exact) mass is 375 g/mol. The molecule has 4 atom stereocenters. The molecule has 10 heteroatoms. The average molecular weight is 375 g/mol. The number of hydrogen-bond acceptors (Lipinski definition) is 8. The molecule has 2 aromatic heterocycles. The molecule has 5 N–H and O–H groups in total. The fraction of sp³-hybridized carbons (Fsp3) is 0.353. The van der Waals surface area contributed by atoms with E-state index in [1.165, 1.54) is 0 Å². The number of imidazole rings is 1. The van der Waals surface area contributed by atoms with Crippen molar-refractivity contribution in [3.63, 3.8) is 0 Å². The number of H-pyrrole nitrogens is 1. The van der Waals surface area contributed by atoms with Crippen LogP contribution in [-0.2, 0) is 11.3 Å². The molecule has 0 aliphatic carbocycles. The van der Waals surface area contributed by atoms with Crippen LogP contribution < -0.4 is 10.5 Å². The molecule has 4 rings (SSSR count). The molecule has 0 bridgehead atoms. The third-order valence-corrected chi connectivity index (χ3v) is 4.34. The number of nitrogens with one attached hydrogen (secondary N) is 1. The maximum Gasteiger partial charge on any atom is 0.245 e. The van der Waals surface area contributed by atoms with Crippen molar-refractivity contribution < 1.29 is 24.1 Å². The average Bonchev–Trinajstić information content (AvgIpc) is 3.22. The van der Waals surface area contributed by atoms with E-state index in [1.807, 2.05) is 30.3 Å². The Balaban J connectivity index is 1.64. The second kappa shape index (κ2) is 7.06. The fourth-order valence-electron chi connectivity index (χ4n) is 2.96. The summed E-state index contributed by atoms with van der Waals surface area (Å²) in [5.41, 5.74) is 7.18. The molecule has 3 aromatic rings. The van der Waals surface area contributed by atoms with Crippen molar-refractivity contribution in [2.75, 3.05) is 12.3 Å². The SMILES string of the molecule is Nc1nc(OCc2ccccc2)c2[nH]c([C@@H]3O[C@H](CO)[C@@H](O)[C@H]3F)nc2n1. The van der Waals surface area contributed by atoms with Gasteiger partial charge in [-0.2, -0.15) is 9.97 Å². The number of hydrogen-bond donors (Lipinski definition) is 4. The predicted molar refractivity (Wildman–Crippen MR) is 92.5 cm³/mol. The van der Waals surface area contributed by atoms with Gasteiger partial charge in [0.05, 0.1) is 6.61 Å². The maximum atomic E-state index is 14.3. The Morgan fingerprint density at radius 2 is 2.00 bits per heavy atom. The number of aliphatic hydroxyl groups is 2. The Morgan fingerprint density at radius 1 is 1.22 bits per heavy atom. The Kier molecular flexibility index (Phi) is 4.60. The van der Waals surface area contributed by atoms with Crippen LogP contribution in [0.4, 0.5) is 10.3 Å². The molecule has 1 fully saturated rings. The van der Waals surface area contributed by atoms with Gasteiger partial charge >= 0.3 is 0 Å². The summed E-state index contributed by atoms with van der Waals surface area (Å²) in [5, 5.41) is 19.0. The molecule has 0 unspecified atom stereocenters. The van der Waals surface area contributed by atoms with Gasteiger partial charge in [0.15, 0.2) is 11.8 Å². The second-order valence-electron chi connectivity index (χ2n) is 6.19. The van der Waals surface area contributed by atoms with Crippen LogP contribution in [0.25, 0.3) is 11.2 Å². The second-order valence-corrected chi connectivity index (χ2v) is 6.19. The van der Waals surface area contributed by atoms with Crippen molar-refractivity contribution in [1.29, 1.82) is 0 Å². The summed E-state index contributed by atoms with van der Waals surface area (Å²) in [7, 11) is 0. The number of aromatic amines is 1. The van der Waals surface area contributed by atoms with Gasteiger partial charge in [-0.25, -0.2) is 9.37 Å². The first kappa shape index (κ1) is 17.6. The number of halogens is 1. The first-order chi connectivity index (χ1) is 13.1. The molecule has 1 saturated heterocycles. The summed E-state index contributed by atoms with van der Waals surface area (Å²) in [5.74, 6) is 0.241. The topological polar surface area (TPSA) is 139 Å². The zero-order chi connectivity index (χ0) is 19.0. The lowest BCUT2D eigenvalue weighted by molar-refractivity contribution is -0.0246. The number of benzene rings is 1. The molecule has 0 radical (unpaired) electrons. The number of aromatic nitrogens is 4. The van der Waals surface area contributed by atoms with Gasteiger partial charge in [-0.3, -0.25) is 0 Å². The minimum atomic E-state index is -1.75. The molecule has 0 amide bonds. The molecule has 0 saturated carbocycles. The summed E-state index contributed by atoms with van der Waals surface area (Å²) in [6.45, 7) is -0.256. The van der Waals surface area contributed by atoms with Gasteiger partial charge in [0.25, 0.3) is 0 Å². The lowest BCUT2D eigenvalue weighted by atomic mass is 10.1. The van der Waals surface area contributed by atoms with Crippen LogP contribution in [0.15, 0.2) is 30.3 Å². The van der Waals surface area contributed by atoms with E-state index in [0.29, 0.717) is 5.52 Å². The van der Waals surface area contributed by atoms with Gasteiger partial charge in [0.1, 0.15) is 36.3 Å². The van der Waals surface area contributed by atoms with Gasteiger partial charge in [0.2, 0.25) is 11.8 Å². The minimum Gasteiger partial charge on any atom is -0.471 e. The van der Waals surface area contributed by atoms with E-state index in [1.54, 1.807) is 0 Å². The molecular formula is C17H18FN5O4. The van der Waals surface area contributed by atoms with E-state index in [2.05, 4.69) is 19.9 Å². The standard InChI is InChI=1S/C17H18FN5O4/c18-10-12(25)9(6-24)27-13(10)15-20-11-14(21-15)22-17(19)23-16(11)26-7-8-4-2-1-3-5-8/h1-5,9-10,12-13,24-25H,6-7H2,(H3,19,20,21,22,23)/t9-,10-,12-,13-/m1/s1. The number of nitrogen functional groups attached to an aromatic ring is 1. The van der Waals surface area contributed by atoms with Crippen molar-refractivity contribution >= 4 is 17.1 Å². The Bertz CT molecular complexity index is 938. The number of ether oxygens (including phenoxy) is 2. The zero-order valence-corrected chi connectivity index (χ0v) is 14.1. The number of anilines is 1. The number of aliphatic hydroxyl groups excluding tert-OH is 2. The normalized spacial score (nSPS) is 25.1. The lowest BCUT2D eigenvalue weighted by Gasteiger charge is -2.09. The highest BCUT2D eigenvalue weighted by atomic mass is 19.1. The van der Waals surface area contributed by atoms with E-state index in [9.17, 15) is 14.6 Å². The van der Waals surface area contributed by atoms with E-state index in [4.69, 9.17) is 15.2 Å². The van der Waals surface area contributed by atoms with Crippen LogP contribution in [0.1, 0.15) is 17.5 Å². The summed E-state index contributed by atoms with van der Waals surface area (Å²) >= 11 is 0. The highest BCUT2D eigenvalue weighted by Crippen LogP contribution is 2.35. The summed E-state index contributed by atoms with van der Waals surface area (Å²) in [4.78, 5) is 15.2. The van der Waals surface area contributed by atoms with Crippen LogP contribution >= 0.6 is 0 Å². The van der Waals surface area contributed by atoms with Crippen molar-refractivity contribution in [3.8, 4) is 5.88 Å². The quantitative estimate of drug-likeness (QED) is 0.510. The van der Waals surface area contributed by atoms with Crippen molar-refractivity contribution in [2.24, 2.45) is 0 Å². The van der Waals surface area contributed by atoms with Crippen LogP contribution in [0.2, 0.25) is 0 Å². The minimum absolute atomic E-state index is 0.0407. The Hall–Kier alpha value is -2.82. The summed E-state index contributed by atoms with van der Waals surface area (Å²) in [6.07, 6.45) is -5.39. The third-order valence-electron chi connectivity index (χ3n) is 4.34. The smallest absolute Gasteiger partial charge is 0.245 e. The number of nitrogens with zero attached hydrogens (tertiary/aromatic N) is 3. The van der Waals surface area contributed by atoms with Gasteiger partial charge in [-0.1, -0.05) is 30.3 Å². The van der Waals surface area contributed by atoms with E-state index >= 15 is 0 Å². The molecule has 0 spiro atoms. The molecule has 142 valence electrons. The van der Waals surface area contributed by atoms with Crippen LogP contribution in [0.3, 0.4) is 0 Å². The number of alkyl halides is 1. The van der Waals surface area contributed by atoms with Gasteiger partial charge in [-0.15, -0.1) is 0 Å². The van der Waals surface area contributed by atoms with E-state index in [-0.39, 0.29) is 29.9 Å². The first-order valence-corrected chi connectivity index (χ1v) is 8.35. The lowest BCUT2D eigenvalue weighted by Crippen LogP contribution is -2.30. The molecular weight excluding hydrogens is 357 g/mol. The first-order valence-electron chi connectivity index (χ1n) is 8.35. The highest BCUT2D eigenvalue weighted by molar-refractivity contribution is 5.77. The zero-order valence-electron chi connectivity index (χ0n) is 14.1. The van der Waals surface area contributed by atoms with Crippen LogP contribution in [-0.4, -0.2) is 55.1 Å². The molecule has 3 heterocycles. The highest BCUT2D eigenvalue weighted by Gasteiger charge is 2.46. The van der Waals surface area contributed by atoms with Crippen LogP contribution in [0, 0.1) is 0 Å². The molecule has 1 aliphatic rings. The molecule has 1 aromatic carbocycles. The Labute approximate surface area is 153 Å². The molecule has 27 heavy (non-hydrogen) atoms. The molecule has 9 nitrogen and oxygen atoms in total. The summed E-state index contributed by atoms with van der Waals surface area (Å²) in [6, 6.07) is 9.47. The maximum absolute atomic E-state index is 14.3. The third kappa shape index (κ3) is 3.29. The molecule has 1 aliphatic heterocycles. The Morgan fingerprint density at radius 3 is 2.70 bits per heavy atom. The fourth-order valence-corrected chi connectivity index (χ4v) is 2.96. The number of rotatable bonds is 5. The number of nitrogens with two attached hydrogens (primary N) is 1. The van der Waals surface area contributed by atoms with Crippen molar-refractivity contribution in [2.45, 2.75) is 31.1 Å². The van der Waals surface area contributed by atoms with E-state index < -0.39 is 31.1 Å². The number of fused-ring (bicyclic) bond motifs is 1. The van der Waals surface area contributed by atoms with E-state index in [0.717, 1.165) is 5.56 Å². The largest absolute Gasteiger partial charge is 0.471 e. The summed E-state index contributed by atoms with van der Waals surface area (Å²) < 4.78 is 25.4.